The van der Waals surface area contributed by atoms with E-state index < -0.39 is 0 Å². The Morgan fingerprint density at radius 1 is 1.63 bits per heavy atom. The van der Waals surface area contributed by atoms with E-state index in [1.165, 1.54) is 0 Å². The summed E-state index contributed by atoms with van der Waals surface area (Å²) in [5.41, 5.74) is 0.600. The van der Waals surface area contributed by atoms with Gasteiger partial charge in [0.25, 0.3) is 0 Å². The van der Waals surface area contributed by atoms with Gasteiger partial charge in [-0.3, -0.25) is 9.69 Å². The van der Waals surface area contributed by atoms with Crippen molar-refractivity contribution in [2.45, 2.75) is 19.0 Å². The second-order valence-corrected chi connectivity index (χ2v) is 5.14. The zero-order chi connectivity index (χ0) is 13.8. The van der Waals surface area contributed by atoms with Gasteiger partial charge in [0.2, 0.25) is 0 Å². The van der Waals surface area contributed by atoms with E-state index in [-0.39, 0.29) is 24.5 Å². The number of ether oxygens (including phenoxy) is 1. The number of aliphatic hydroxyl groups excluding tert-OH is 1. The normalized spacial score (nSPS) is 22.2. The first-order chi connectivity index (χ1) is 9.13. The minimum absolute atomic E-state index is 0.00678. The molecule has 0 radical (unpaired) electrons. The van der Waals surface area contributed by atoms with Gasteiger partial charge in [0, 0.05) is 17.1 Å². The molecule has 2 rings (SSSR count). The van der Waals surface area contributed by atoms with Crippen molar-refractivity contribution in [3.63, 3.8) is 0 Å². The van der Waals surface area contributed by atoms with Crippen LogP contribution in [0, 0.1) is 0 Å². The highest BCUT2D eigenvalue weighted by Gasteiger charge is 2.30. The van der Waals surface area contributed by atoms with Crippen molar-refractivity contribution < 1.29 is 14.6 Å². The van der Waals surface area contributed by atoms with Gasteiger partial charge in [-0.15, -0.1) is 0 Å². The zero-order valence-corrected chi connectivity index (χ0v) is 11.6. The molecule has 0 saturated carbocycles. The van der Waals surface area contributed by atoms with Crippen LogP contribution in [-0.4, -0.2) is 54.2 Å². The number of carbonyl (C=O) groups excluding carboxylic acids is 1. The summed E-state index contributed by atoms with van der Waals surface area (Å²) in [7, 11) is 0. The van der Waals surface area contributed by atoms with Gasteiger partial charge in [-0.2, -0.15) is 0 Å². The van der Waals surface area contributed by atoms with Gasteiger partial charge in [0.1, 0.15) is 0 Å². The Bertz CT molecular complexity index is 452. The van der Waals surface area contributed by atoms with Gasteiger partial charge < -0.3 is 9.84 Å². The fourth-order valence-corrected chi connectivity index (χ4v) is 2.56. The highest BCUT2D eigenvalue weighted by Crippen LogP contribution is 2.17. The maximum Gasteiger partial charge on any atom is 0.179 e. The van der Waals surface area contributed by atoms with Crippen LogP contribution >= 0.6 is 11.6 Å². The molecule has 0 aromatic heterocycles. The Hall–Kier alpha value is -0.940. The number of hydrogen-bond donors (Lipinski definition) is 1. The molecule has 104 valence electrons. The topological polar surface area (TPSA) is 49.8 Å². The summed E-state index contributed by atoms with van der Waals surface area (Å²) < 4.78 is 5.32. The molecular formula is C14H18ClNO3. The van der Waals surface area contributed by atoms with Crippen LogP contribution < -0.4 is 0 Å². The molecule has 1 aliphatic heterocycles. The molecule has 2 atom stereocenters. The Kier molecular flexibility index (Phi) is 4.93. The maximum atomic E-state index is 12.4. The molecule has 1 N–H and O–H groups in total. The van der Waals surface area contributed by atoms with Gasteiger partial charge in [-0.05, 0) is 19.1 Å². The molecule has 1 aliphatic rings. The number of carbonyl (C=O) groups is 1. The molecule has 4 nitrogen and oxygen atoms in total. The van der Waals surface area contributed by atoms with Crippen LogP contribution in [0.25, 0.3) is 0 Å². The lowest BCUT2D eigenvalue weighted by Gasteiger charge is -2.38. The first-order valence-electron chi connectivity index (χ1n) is 6.37. The molecular weight excluding hydrogens is 266 g/mol. The van der Waals surface area contributed by atoms with Gasteiger partial charge in [0.15, 0.2) is 5.78 Å². The minimum Gasteiger partial charge on any atom is -0.395 e. The van der Waals surface area contributed by atoms with Crippen LogP contribution in [0.5, 0.6) is 0 Å². The fourth-order valence-electron chi connectivity index (χ4n) is 2.37. The largest absolute Gasteiger partial charge is 0.395 e. The predicted molar refractivity (Wildman–Crippen MR) is 73.6 cm³/mol. The zero-order valence-electron chi connectivity index (χ0n) is 10.9. The average molecular weight is 284 g/mol. The van der Waals surface area contributed by atoms with Crippen LogP contribution in [0.1, 0.15) is 17.3 Å². The summed E-state index contributed by atoms with van der Waals surface area (Å²) in [4.78, 5) is 14.4. The van der Waals surface area contributed by atoms with Crippen molar-refractivity contribution in [3.8, 4) is 0 Å². The third kappa shape index (κ3) is 3.34. The van der Waals surface area contributed by atoms with E-state index in [1.54, 1.807) is 24.3 Å². The lowest BCUT2D eigenvalue weighted by atomic mass is 10.0. The maximum absolute atomic E-state index is 12.4. The predicted octanol–water partition coefficient (Wildman–Crippen LogP) is 1.60. The molecule has 5 heteroatoms. The number of hydrogen-bond acceptors (Lipinski definition) is 4. The number of nitrogens with zero attached hydrogens (tertiary/aromatic N) is 1. The standard InChI is InChI=1S/C14H18ClNO3/c1-10(16-5-6-19-9-13(16)8-17)14(18)11-3-2-4-12(15)7-11/h2-4,7,10,13,17H,5-6,8-9H2,1H3. The summed E-state index contributed by atoms with van der Waals surface area (Å²) in [6.45, 7) is 3.55. The molecule has 19 heavy (non-hydrogen) atoms. The summed E-state index contributed by atoms with van der Waals surface area (Å²) in [5, 5.41) is 9.91. The van der Waals surface area contributed by atoms with Crippen molar-refractivity contribution in [2.24, 2.45) is 0 Å². The molecule has 0 aliphatic carbocycles. The number of benzene rings is 1. The highest BCUT2D eigenvalue weighted by molar-refractivity contribution is 6.31. The average Bonchev–Trinajstić information content (AvgIpc) is 2.45. The molecule has 1 saturated heterocycles. The smallest absolute Gasteiger partial charge is 0.179 e. The van der Waals surface area contributed by atoms with Crippen LogP contribution in [0.4, 0.5) is 0 Å². The lowest BCUT2D eigenvalue weighted by molar-refractivity contribution is -0.0390. The van der Waals surface area contributed by atoms with Crippen LogP contribution in [0.3, 0.4) is 0 Å². The van der Waals surface area contributed by atoms with Crippen molar-refractivity contribution >= 4 is 17.4 Å². The van der Waals surface area contributed by atoms with E-state index in [0.717, 1.165) is 0 Å². The highest BCUT2D eigenvalue weighted by atomic mass is 35.5. The molecule has 1 aromatic rings. The monoisotopic (exact) mass is 283 g/mol. The third-order valence-electron chi connectivity index (χ3n) is 3.47. The number of rotatable bonds is 4. The number of ketones is 1. The summed E-state index contributed by atoms with van der Waals surface area (Å²) in [6, 6.07) is 6.54. The van der Waals surface area contributed by atoms with Crippen molar-refractivity contribution in [2.75, 3.05) is 26.4 Å². The van der Waals surface area contributed by atoms with E-state index in [9.17, 15) is 9.90 Å². The Balaban J connectivity index is 2.13. The van der Waals surface area contributed by atoms with Crippen LogP contribution in [0.15, 0.2) is 24.3 Å². The summed E-state index contributed by atoms with van der Waals surface area (Å²) in [5.74, 6) is 0.0165. The molecule has 1 heterocycles. The fraction of sp³-hybridized carbons (Fsp3) is 0.500. The molecule has 0 amide bonds. The Labute approximate surface area is 117 Å². The van der Waals surface area contributed by atoms with Crippen molar-refractivity contribution in [3.05, 3.63) is 34.9 Å². The first-order valence-corrected chi connectivity index (χ1v) is 6.75. The van der Waals surface area contributed by atoms with Gasteiger partial charge in [0.05, 0.1) is 31.9 Å². The first kappa shape index (κ1) is 14.5. The molecule has 1 aromatic carbocycles. The van der Waals surface area contributed by atoms with E-state index in [0.29, 0.717) is 30.3 Å². The molecule has 2 unspecified atom stereocenters. The Morgan fingerprint density at radius 2 is 2.42 bits per heavy atom. The van der Waals surface area contributed by atoms with Crippen molar-refractivity contribution in [1.82, 2.24) is 4.90 Å². The number of morpholine rings is 1. The van der Waals surface area contributed by atoms with Crippen LogP contribution in [0.2, 0.25) is 5.02 Å². The van der Waals surface area contributed by atoms with E-state index >= 15 is 0 Å². The van der Waals surface area contributed by atoms with Crippen LogP contribution in [-0.2, 0) is 4.74 Å². The third-order valence-corrected chi connectivity index (χ3v) is 3.70. The molecule has 1 fully saturated rings. The minimum atomic E-state index is -0.292. The summed E-state index contributed by atoms with van der Waals surface area (Å²) >= 11 is 5.91. The van der Waals surface area contributed by atoms with Gasteiger partial charge in [-0.25, -0.2) is 0 Å². The second-order valence-electron chi connectivity index (χ2n) is 4.70. The van der Waals surface area contributed by atoms with E-state index in [1.807, 2.05) is 11.8 Å². The van der Waals surface area contributed by atoms with Gasteiger partial charge in [-0.1, -0.05) is 23.7 Å². The summed E-state index contributed by atoms with van der Waals surface area (Å²) in [6.07, 6.45) is 0. The number of Topliss-reactive ketones (excluding diaryl/α,β-unsaturated/α-hetero) is 1. The number of halogens is 1. The molecule has 0 bridgehead atoms. The molecule has 0 spiro atoms. The quantitative estimate of drug-likeness (QED) is 0.853. The second kappa shape index (κ2) is 6.48. The Morgan fingerprint density at radius 3 is 3.11 bits per heavy atom. The van der Waals surface area contributed by atoms with E-state index in [2.05, 4.69) is 0 Å². The SMILES string of the molecule is CC(C(=O)c1cccc(Cl)c1)N1CCOCC1CO. The lowest BCUT2D eigenvalue weighted by Crippen LogP contribution is -2.53. The van der Waals surface area contributed by atoms with Gasteiger partial charge >= 0.3 is 0 Å². The van der Waals surface area contributed by atoms with E-state index in [4.69, 9.17) is 16.3 Å². The number of aliphatic hydroxyl groups is 1. The van der Waals surface area contributed by atoms with Crippen molar-refractivity contribution in [1.29, 1.82) is 0 Å².